The zero-order valence-corrected chi connectivity index (χ0v) is 14.4. The van der Waals surface area contributed by atoms with Gasteiger partial charge in [-0.3, -0.25) is 0 Å². The lowest BCUT2D eigenvalue weighted by Crippen LogP contribution is -2.13. The van der Waals surface area contributed by atoms with Crippen LogP contribution >= 0.6 is 0 Å². The van der Waals surface area contributed by atoms with E-state index in [1.54, 1.807) is 0 Å². The smallest absolute Gasteiger partial charge is 0.330 e. The van der Waals surface area contributed by atoms with Crippen LogP contribution in [0.1, 0.15) is 90.9 Å². The van der Waals surface area contributed by atoms with Crippen LogP contribution in [0.2, 0.25) is 0 Å². The molecule has 0 fully saturated rings. The third kappa shape index (κ3) is 13.9. The second-order valence-electron chi connectivity index (χ2n) is 6.11. The number of hydrogen-bond donors (Lipinski definition) is 0. The molecule has 0 aliphatic heterocycles. The lowest BCUT2D eigenvalue weighted by Gasteiger charge is -2.16. The first-order chi connectivity index (χ1) is 10.2. The number of carbonyl (C=O) groups is 1. The highest BCUT2D eigenvalue weighted by Crippen LogP contribution is 2.19. The van der Waals surface area contributed by atoms with Crippen LogP contribution in [0.25, 0.3) is 0 Å². The maximum absolute atomic E-state index is 11.2. The van der Waals surface area contributed by atoms with Gasteiger partial charge in [-0.1, -0.05) is 84.6 Å². The summed E-state index contributed by atoms with van der Waals surface area (Å²) < 4.78 is 5.25. The Morgan fingerprint density at radius 3 is 1.90 bits per heavy atom. The molecule has 0 saturated heterocycles. The molecule has 0 aromatic carbocycles. The van der Waals surface area contributed by atoms with Crippen molar-refractivity contribution in [2.75, 3.05) is 6.61 Å². The fraction of sp³-hybridized carbons (Fsp3) is 0.842. The third-order valence-corrected chi connectivity index (χ3v) is 4.06. The quantitative estimate of drug-likeness (QED) is 0.209. The Labute approximate surface area is 132 Å². The molecule has 0 bridgehead atoms. The van der Waals surface area contributed by atoms with Crippen LogP contribution in [0, 0.1) is 5.92 Å². The molecular weight excluding hydrogens is 260 g/mol. The first kappa shape index (κ1) is 20.2. The summed E-state index contributed by atoms with van der Waals surface area (Å²) in [5, 5.41) is 0. The molecule has 21 heavy (non-hydrogen) atoms. The molecule has 0 aromatic rings. The van der Waals surface area contributed by atoms with E-state index >= 15 is 0 Å². The number of ether oxygens (including phenoxy) is 1. The van der Waals surface area contributed by atoms with Crippen molar-refractivity contribution >= 4 is 5.97 Å². The van der Waals surface area contributed by atoms with Crippen LogP contribution < -0.4 is 0 Å². The lowest BCUT2D eigenvalue weighted by molar-refractivity contribution is -0.139. The summed E-state index contributed by atoms with van der Waals surface area (Å²) in [6.45, 7) is 8.52. The summed E-state index contributed by atoms with van der Waals surface area (Å²) in [7, 11) is 0. The monoisotopic (exact) mass is 296 g/mol. The van der Waals surface area contributed by atoms with E-state index in [4.69, 9.17) is 4.74 Å². The second kappa shape index (κ2) is 15.6. The van der Waals surface area contributed by atoms with E-state index in [1.807, 2.05) is 0 Å². The Hall–Kier alpha value is -0.790. The zero-order valence-electron chi connectivity index (χ0n) is 14.4. The van der Waals surface area contributed by atoms with Crippen molar-refractivity contribution in [1.29, 1.82) is 0 Å². The molecule has 0 rings (SSSR count). The van der Waals surface area contributed by atoms with Crippen LogP contribution in [0.5, 0.6) is 0 Å². The van der Waals surface area contributed by atoms with E-state index in [0.717, 1.165) is 0 Å². The first-order valence-corrected chi connectivity index (χ1v) is 9.03. The molecule has 0 amide bonds. The minimum atomic E-state index is -0.281. The largest absolute Gasteiger partial charge is 0.462 e. The van der Waals surface area contributed by atoms with Crippen molar-refractivity contribution in [3.63, 3.8) is 0 Å². The van der Waals surface area contributed by atoms with Crippen molar-refractivity contribution in [2.45, 2.75) is 90.9 Å². The molecule has 0 aromatic heterocycles. The normalized spacial score (nSPS) is 12.1. The van der Waals surface area contributed by atoms with Gasteiger partial charge in [0.15, 0.2) is 0 Å². The molecule has 0 N–H and O–H groups in total. The van der Waals surface area contributed by atoms with Gasteiger partial charge in [-0.2, -0.15) is 0 Å². The number of unbranched alkanes of at least 4 members (excludes halogenated alkanes) is 8. The van der Waals surface area contributed by atoms with Gasteiger partial charge < -0.3 is 4.74 Å². The average Bonchev–Trinajstić information content (AvgIpc) is 2.51. The van der Waals surface area contributed by atoms with Crippen molar-refractivity contribution < 1.29 is 9.53 Å². The average molecular weight is 296 g/mol. The lowest BCUT2D eigenvalue weighted by atomic mass is 9.95. The zero-order chi connectivity index (χ0) is 15.8. The van der Waals surface area contributed by atoms with Gasteiger partial charge in [0.1, 0.15) is 0 Å². The Balaban J connectivity index is 3.82. The Kier molecular flexibility index (Phi) is 15.0. The highest BCUT2D eigenvalue weighted by atomic mass is 16.5. The number of rotatable bonds is 15. The SMILES string of the molecule is C=CC(=O)OC[C@H](CCCCCC)CCCCCCCC. The first-order valence-electron chi connectivity index (χ1n) is 9.03. The molecule has 0 spiro atoms. The van der Waals surface area contributed by atoms with Crippen LogP contribution in [0.4, 0.5) is 0 Å². The van der Waals surface area contributed by atoms with Crippen LogP contribution in [0.3, 0.4) is 0 Å². The van der Waals surface area contributed by atoms with Crippen molar-refractivity contribution in [3.8, 4) is 0 Å². The molecule has 0 aliphatic carbocycles. The maximum Gasteiger partial charge on any atom is 0.330 e. The van der Waals surface area contributed by atoms with Crippen molar-refractivity contribution in [2.24, 2.45) is 5.92 Å². The predicted octanol–water partition coefficient (Wildman–Crippen LogP) is 6.05. The van der Waals surface area contributed by atoms with Crippen LogP contribution in [-0.2, 0) is 9.53 Å². The summed E-state index contributed by atoms with van der Waals surface area (Å²) in [5.41, 5.74) is 0. The molecule has 0 radical (unpaired) electrons. The van der Waals surface area contributed by atoms with E-state index in [2.05, 4.69) is 20.4 Å². The minimum absolute atomic E-state index is 0.281. The number of carbonyl (C=O) groups excluding carboxylic acids is 1. The van der Waals surface area contributed by atoms with E-state index in [-0.39, 0.29) is 5.97 Å². The molecule has 124 valence electrons. The molecule has 0 aliphatic rings. The number of esters is 1. The highest BCUT2D eigenvalue weighted by Gasteiger charge is 2.10. The van der Waals surface area contributed by atoms with Gasteiger partial charge in [-0.05, 0) is 18.8 Å². The fourth-order valence-electron chi connectivity index (χ4n) is 2.64. The van der Waals surface area contributed by atoms with Crippen LogP contribution in [-0.4, -0.2) is 12.6 Å². The Bertz CT molecular complexity index is 248. The Morgan fingerprint density at radius 2 is 1.38 bits per heavy atom. The molecule has 1 atom stereocenters. The summed E-state index contributed by atoms with van der Waals surface area (Å²) in [6, 6.07) is 0. The maximum atomic E-state index is 11.2. The second-order valence-corrected chi connectivity index (χ2v) is 6.11. The molecular formula is C19H36O2. The van der Waals surface area contributed by atoms with E-state index in [0.29, 0.717) is 12.5 Å². The van der Waals surface area contributed by atoms with Gasteiger partial charge in [-0.15, -0.1) is 0 Å². The van der Waals surface area contributed by atoms with Gasteiger partial charge in [0.25, 0.3) is 0 Å². The molecule has 2 heteroatoms. The van der Waals surface area contributed by atoms with Crippen LogP contribution in [0.15, 0.2) is 12.7 Å². The standard InChI is InChI=1S/C19H36O2/c1-4-7-9-11-12-14-16-18(15-13-10-8-5-2)17-21-19(20)6-3/h6,18H,3-5,7-17H2,1-2H3/t18-/m1/s1. The van der Waals surface area contributed by atoms with Crippen molar-refractivity contribution in [3.05, 3.63) is 12.7 Å². The predicted molar refractivity (Wildman–Crippen MR) is 91.4 cm³/mol. The molecule has 0 saturated carbocycles. The number of hydrogen-bond acceptors (Lipinski definition) is 2. The summed E-state index contributed by atoms with van der Waals surface area (Å²) >= 11 is 0. The van der Waals surface area contributed by atoms with Gasteiger partial charge >= 0.3 is 5.97 Å². The summed E-state index contributed by atoms with van der Waals surface area (Å²) in [4.78, 5) is 11.2. The van der Waals surface area contributed by atoms with E-state index < -0.39 is 0 Å². The molecule has 2 nitrogen and oxygen atoms in total. The van der Waals surface area contributed by atoms with E-state index in [9.17, 15) is 4.79 Å². The third-order valence-electron chi connectivity index (χ3n) is 4.06. The summed E-state index contributed by atoms with van der Waals surface area (Å²) in [6.07, 6.45) is 16.8. The van der Waals surface area contributed by atoms with Gasteiger partial charge in [0, 0.05) is 6.08 Å². The van der Waals surface area contributed by atoms with Gasteiger partial charge in [0.05, 0.1) is 6.61 Å². The van der Waals surface area contributed by atoms with Gasteiger partial charge in [-0.25, -0.2) is 4.79 Å². The fourth-order valence-corrected chi connectivity index (χ4v) is 2.64. The molecule has 0 heterocycles. The highest BCUT2D eigenvalue weighted by molar-refractivity contribution is 5.81. The summed E-state index contributed by atoms with van der Waals surface area (Å²) in [5.74, 6) is 0.258. The topological polar surface area (TPSA) is 26.3 Å². The van der Waals surface area contributed by atoms with Crippen molar-refractivity contribution in [1.82, 2.24) is 0 Å². The molecule has 0 unspecified atom stereocenters. The Morgan fingerprint density at radius 1 is 0.905 bits per heavy atom. The minimum Gasteiger partial charge on any atom is -0.462 e. The van der Waals surface area contributed by atoms with Gasteiger partial charge in [0.2, 0.25) is 0 Å². The van der Waals surface area contributed by atoms with E-state index in [1.165, 1.54) is 83.1 Å².